The van der Waals surface area contributed by atoms with Crippen molar-refractivity contribution in [3.63, 3.8) is 0 Å². The predicted octanol–water partition coefficient (Wildman–Crippen LogP) is 3.48. The molecule has 1 aliphatic heterocycles. The Kier molecular flexibility index (Phi) is 6.00. The maximum atomic E-state index is 4.79. The largest absolute Gasteiger partial charge is 0.317 e. The van der Waals surface area contributed by atoms with Crippen molar-refractivity contribution in [2.45, 2.75) is 59.0 Å². The molecule has 0 saturated carbocycles. The minimum atomic E-state index is 0.547. The maximum absolute atomic E-state index is 4.79. The van der Waals surface area contributed by atoms with E-state index < -0.39 is 0 Å². The molecule has 0 atom stereocenters. The molecule has 1 N–H and O–H groups in total. The van der Waals surface area contributed by atoms with Gasteiger partial charge in [0.25, 0.3) is 0 Å². The first kappa shape index (κ1) is 15.9. The molecule has 1 aromatic heterocycles. The molecule has 3 nitrogen and oxygen atoms in total. The summed E-state index contributed by atoms with van der Waals surface area (Å²) < 4.78 is 0. The van der Waals surface area contributed by atoms with E-state index in [-0.39, 0.29) is 0 Å². The quantitative estimate of drug-likeness (QED) is 0.871. The molecule has 1 aliphatic rings. The number of hydrogen-bond donors (Lipinski definition) is 1. The first-order valence-corrected chi connectivity index (χ1v) is 8.83. The van der Waals surface area contributed by atoms with Crippen molar-refractivity contribution < 1.29 is 0 Å². The molecule has 2 rings (SSSR count). The summed E-state index contributed by atoms with van der Waals surface area (Å²) in [6, 6.07) is 0.592. The fourth-order valence-electron chi connectivity index (χ4n) is 2.72. The second-order valence-electron chi connectivity index (χ2n) is 6.55. The number of piperidine rings is 1. The summed E-state index contributed by atoms with van der Waals surface area (Å²) in [6.07, 6.45) is 2.63. The second-order valence-corrected chi connectivity index (χ2v) is 7.44. The minimum Gasteiger partial charge on any atom is -0.317 e. The van der Waals surface area contributed by atoms with Gasteiger partial charge in [0.1, 0.15) is 0 Å². The number of aromatic nitrogens is 1. The topological polar surface area (TPSA) is 28.2 Å². The highest BCUT2D eigenvalue weighted by Gasteiger charge is 2.20. The van der Waals surface area contributed by atoms with Crippen LogP contribution in [0, 0.1) is 5.92 Å². The van der Waals surface area contributed by atoms with Crippen molar-refractivity contribution in [2.24, 2.45) is 5.92 Å². The molecule has 1 fully saturated rings. The van der Waals surface area contributed by atoms with Crippen LogP contribution in [0.25, 0.3) is 0 Å². The van der Waals surface area contributed by atoms with Gasteiger partial charge in [-0.3, -0.25) is 4.90 Å². The van der Waals surface area contributed by atoms with Crippen LogP contribution >= 0.6 is 11.3 Å². The average Bonchev–Trinajstić information content (AvgIpc) is 2.88. The van der Waals surface area contributed by atoms with Crippen LogP contribution in [0.4, 0.5) is 0 Å². The molecule has 2 heterocycles. The van der Waals surface area contributed by atoms with Crippen LogP contribution in [0.3, 0.4) is 0 Å². The Labute approximate surface area is 127 Å². The third-order valence-corrected chi connectivity index (χ3v) is 5.30. The van der Waals surface area contributed by atoms with Gasteiger partial charge in [0.2, 0.25) is 0 Å². The lowest BCUT2D eigenvalue weighted by Crippen LogP contribution is -2.39. The van der Waals surface area contributed by atoms with E-state index in [0.717, 1.165) is 12.5 Å². The summed E-state index contributed by atoms with van der Waals surface area (Å²) in [6.45, 7) is 13.6. The lowest BCUT2D eigenvalue weighted by Gasteiger charge is -2.32. The monoisotopic (exact) mass is 295 g/mol. The zero-order chi connectivity index (χ0) is 14.5. The molecule has 0 radical (unpaired) electrons. The first-order chi connectivity index (χ1) is 9.56. The zero-order valence-electron chi connectivity index (χ0n) is 13.4. The Bertz CT molecular complexity index is 394. The van der Waals surface area contributed by atoms with Crippen molar-refractivity contribution in [1.82, 2.24) is 15.2 Å². The average molecular weight is 295 g/mol. The van der Waals surface area contributed by atoms with E-state index in [2.05, 4.69) is 43.3 Å². The van der Waals surface area contributed by atoms with Crippen LogP contribution < -0.4 is 5.32 Å². The van der Waals surface area contributed by atoms with Gasteiger partial charge in [-0.15, -0.1) is 11.3 Å². The Hall–Kier alpha value is -0.450. The van der Waals surface area contributed by atoms with Gasteiger partial charge in [-0.2, -0.15) is 0 Å². The van der Waals surface area contributed by atoms with E-state index >= 15 is 0 Å². The lowest BCUT2D eigenvalue weighted by molar-refractivity contribution is 0.160. The van der Waals surface area contributed by atoms with E-state index in [1.807, 2.05) is 11.3 Å². The number of thiazole rings is 1. The molecule has 1 aromatic rings. The molecule has 0 amide bonds. The van der Waals surface area contributed by atoms with Crippen molar-refractivity contribution in [3.05, 3.63) is 16.1 Å². The van der Waals surface area contributed by atoms with E-state index in [0.29, 0.717) is 12.0 Å². The van der Waals surface area contributed by atoms with Gasteiger partial charge in [0.15, 0.2) is 0 Å². The lowest BCUT2D eigenvalue weighted by atomic mass is 9.97. The fourth-order valence-corrected chi connectivity index (χ4v) is 3.55. The van der Waals surface area contributed by atoms with Gasteiger partial charge >= 0.3 is 0 Å². The summed E-state index contributed by atoms with van der Waals surface area (Å²) in [4.78, 5) is 7.38. The predicted molar refractivity (Wildman–Crippen MR) is 87.3 cm³/mol. The van der Waals surface area contributed by atoms with Crippen LogP contribution in [0.15, 0.2) is 5.38 Å². The standard InChI is InChI=1S/C16H29N3S/c1-12(2)16-18-15(11-20-16)10-19(13(3)4)9-14-5-7-17-8-6-14/h11-14,17H,5-10H2,1-4H3. The summed E-state index contributed by atoms with van der Waals surface area (Å²) in [5.41, 5.74) is 1.25. The highest BCUT2D eigenvalue weighted by Crippen LogP contribution is 2.22. The molecule has 4 heteroatoms. The number of nitrogens with zero attached hydrogens (tertiary/aromatic N) is 2. The van der Waals surface area contributed by atoms with Gasteiger partial charge in [0, 0.05) is 30.4 Å². The molecule has 0 aliphatic carbocycles. The molecule has 0 spiro atoms. The smallest absolute Gasteiger partial charge is 0.0954 e. The van der Waals surface area contributed by atoms with Crippen LogP contribution in [0.5, 0.6) is 0 Å². The third-order valence-electron chi connectivity index (χ3n) is 4.11. The Morgan fingerprint density at radius 1 is 1.30 bits per heavy atom. The Morgan fingerprint density at radius 2 is 2.00 bits per heavy atom. The first-order valence-electron chi connectivity index (χ1n) is 7.95. The van der Waals surface area contributed by atoms with Crippen molar-refractivity contribution in [3.8, 4) is 0 Å². The molecule has 1 saturated heterocycles. The van der Waals surface area contributed by atoms with E-state index in [1.165, 1.54) is 43.2 Å². The third kappa shape index (κ3) is 4.54. The molecule has 0 aromatic carbocycles. The van der Waals surface area contributed by atoms with Gasteiger partial charge in [-0.05, 0) is 45.7 Å². The summed E-state index contributed by atoms with van der Waals surface area (Å²) in [7, 11) is 0. The summed E-state index contributed by atoms with van der Waals surface area (Å²) in [5, 5.41) is 6.97. The fraction of sp³-hybridized carbons (Fsp3) is 0.812. The highest BCUT2D eigenvalue weighted by molar-refractivity contribution is 7.09. The van der Waals surface area contributed by atoms with Crippen LogP contribution in [-0.4, -0.2) is 35.6 Å². The van der Waals surface area contributed by atoms with Crippen molar-refractivity contribution >= 4 is 11.3 Å². The zero-order valence-corrected chi connectivity index (χ0v) is 14.2. The number of hydrogen-bond acceptors (Lipinski definition) is 4. The van der Waals surface area contributed by atoms with E-state index in [9.17, 15) is 0 Å². The minimum absolute atomic E-state index is 0.547. The van der Waals surface area contributed by atoms with Crippen molar-refractivity contribution in [1.29, 1.82) is 0 Å². The number of rotatable bonds is 6. The normalized spacial score (nSPS) is 17.6. The molecule has 0 bridgehead atoms. The molecular formula is C16H29N3S. The second kappa shape index (κ2) is 7.53. The molecule has 20 heavy (non-hydrogen) atoms. The summed E-state index contributed by atoms with van der Waals surface area (Å²) in [5.74, 6) is 1.40. The molecule has 114 valence electrons. The highest BCUT2D eigenvalue weighted by atomic mass is 32.1. The van der Waals surface area contributed by atoms with Gasteiger partial charge in [-0.1, -0.05) is 13.8 Å². The number of nitrogens with one attached hydrogen (secondary N) is 1. The van der Waals surface area contributed by atoms with Gasteiger partial charge < -0.3 is 5.32 Å². The van der Waals surface area contributed by atoms with Gasteiger partial charge in [-0.25, -0.2) is 4.98 Å². The van der Waals surface area contributed by atoms with Crippen LogP contribution in [0.1, 0.15) is 57.2 Å². The Balaban J connectivity index is 1.93. The van der Waals surface area contributed by atoms with Crippen LogP contribution in [-0.2, 0) is 6.54 Å². The molecule has 0 unspecified atom stereocenters. The van der Waals surface area contributed by atoms with E-state index in [1.54, 1.807) is 0 Å². The summed E-state index contributed by atoms with van der Waals surface area (Å²) >= 11 is 1.81. The van der Waals surface area contributed by atoms with E-state index in [4.69, 9.17) is 4.98 Å². The van der Waals surface area contributed by atoms with Crippen molar-refractivity contribution in [2.75, 3.05) is 19.6 Å². The Morgan fingerprint density at radius 3 is 2.55 bits per heavy atom. The van der Waals surface area contributed by atoms with Crippen LogP contribution in [0.2, 0.25) is 0 Å². The maximum Gasteiger partial charge on any atom is 0.0954 e. The molecular weight excluding hydrogens is 266 g/mol. The SMILES string of the molecule is CC(C)c1nc(CN(CC2CCNCC2)C(C)C)cs1. The van der Waals surface area contributed by atoms with Gasteiger partial charge in [0.05, 0.1) is 10.7 Å².